The van der Waals surface area contributed by atoms with Crippen LogP contribution in [-0.4, -0.2) is 23.8 Å². The van der Waals surface area contributed by atoms with Crippen molar-refractivity contribution in [1.82, 2.24) is 9.55 Å². The number of sulfonamides is 1. The van der Waals surface area contributed by atoms with Crippen LogP contribution in [0.5, 0.6) is 0 Å². The molecule has 3 aromatic carbocycles. The maximum Gasteiger partial charge on any atom is 0.261 e. The van der Waals surface area contributed by atoms with E-state index in [0.717, 1.165) is 5.52 Å². The fourth-order valence-corrected chi connectivity index (χ4v) is 4.62. The van der Waals surface area contributed by atoms with Crippen molar-refractivity contribution in [3.63, 3.8) is 0 Å². The minimum absolute atomic E-state index is 0.00339. The minimum atomic E-state index is -3.98. The van der Waals surface area contributed by atoms with Gasteiger partial charge in [0.05, 0.1) is 27.7 Å². The lowest BCUT2D eigenvalue weighted by molar-refractivity contribution is 0.0976. The fourth-order valence-electron chi connectivity index (χ4n) is 3.42. The second-order valence-corrected chi connectivity index (χ2v) is 9.17. The second-order valence-electron chi connectivity index (χ2n) is 7.05. The van der Waals surface area contributed by atoms with Gasteiger partial charge in [0, 0.05) is 17.6 Å². The third-order valence-corrected chi connectivity index (χ3v) is 6.67. The van der Waals surface area contributed by atoms with Crippen LogP contribution < -0.4 is 4.72 Å². The van der Waals surface area contributed by atoms with Gasteiger partial charge in [0.1, 0.15) is 5.82 Å². The molecular weight excluding hydrogens is 448 g/mol. The summed E-state index contributed by atoms with van der Waals surface area (Å²) in [4.78, 5) is 17.8. The van der Waals surface area contributed by atoms with Crippen LogP contribution in [-0.2, 0) is 17.1 Å². The van der Waals surface area contributed by atoms with Crippen molar-refractivity contribution in [2.45, 2.75) is 10.8 Å². The predicted octanol–water partition coefficient (Wildman–Crippen LogP) is 4.52. The van der Waals surface area contributed by atoms with Crippen molar-refractivity contribution in [3.05, 3.63) is 89.2 Å². The zero-order valence-electron chi connectivity index (χ0n) is 16.9. The number of nitrogens with zero attached hydrogens (tertiary/aromatic N) is 3. The van der Waals surface area contributed by atoms with Gasteiger partial charge in [0.15, 0.2) is 11.7 Å². The van der Waals surface area contributed by atoms with Gasteiger partial charge in [-0.25, -0.2) is 13.4 Å². The van der Waals surface area contributed by atoms with Crippen LogP contribution in [0.1, 0.15) is 22.1 Å². The standard InChI is InChI=1S/C23H17ClN4O3S/c1-28-21-9-5-4-8-20(21)26-23(28)18(14-25)22(29)17-6-2-3-7-19(17)27-32(30,31)16-12-10-15(24)11-13-16/h2-13,18,27H,1H3/t18-/m0/s1. The van der Waals surface area contributed by atoms with Crippen LogP contribution in [0.15, 0.2) is 77.7 Å². The van der Waals surface area contributed by atoms with E-state index in [0.29, 0.717) is 10.5 Å². The summed E-state index contributed by atoms with van der Waals surface area (Å²) in [7, 11) is -2.24. The zero-order valence-corrected chi connectivity index (χ0v) is 18.4. The molecule has 1 heterocycles. The van der Waals surface area contributed by atoms with Crippen LogP contribution in [0.2, 0.25) is 5.02 Å². The summed E-state index contributed by atoms with van der Waals surface area (Å²) in [5.74, 6) is -1.48. The van der Waals surface area contributed by atoms with Crippen molar-refractivity contribution in [1.29, 1.82) is 5.26 Å². The molecular formula is C23H17ClN4O3S. The van der Waals surface area contributed by atoms with Gasteiger partial charge in [0.25, 0.3) is 10.0 Å². The third kappa shape index (κ3) is 3.96. The number of anilines is 1. The number of Topliss-reactive ketones (excluding diaryl/α,β-unsaturated/α-hetero) is 1. The first-order valence-corrected chi connectivity index (χ1v) is 11.4. The van der Waals surface area contributed by atoms with E-state index in [1.807, 2.05) is 24.3 Å². The van der Waals surface area contributed by atoms with Crippen molar-refractivity contribution in [2.75, 3.05) is 4.72 Å². The van der Waals surface area contributed by atoms with E-state index in [4.69, 9.17) is 11.6 Å². The first-order chi connectivity index (χ1) is 15.3. The molecule has 1 N–H and O–H groups in total. The van der Waals surface area contributed by atoms with Crippen molar-refractivity contribution < 1.29 is 13.2 Å². The number of carbonyl (C=O) groups is 1. The maximum absolute atomic E-state index is 13.4. The van der Waals surface area contributed by atoms with Gasteiger partial charge in [-0.15, -0.1) is 0 Å². The monoisotopic (exact) mass is 464 g/mol. The maximum atomic E-state index is 13.4. The first-order valence-electron chi connectivity index (χ1n) is 9.54. The lowest BCUT2D eigenvalue weighted by Gasteiger charge is -2.14. The Labute approximate surface area is 189 Å². The molecule has 9 heteroatoms. The van der Waals surface area contributed by atoms with Crippen molar-refractivity contribution in [2.24, 2.45) is 7.05 Å². The van der Waals surface area contributed by atoms with Gasteiger partial charge in [-0.1, -0.05) is 35.9 Å². The number of ketones is 1. The molecule has 0 fully saturated rings. The van der Waals surface area contributed by atoms with Crippen LogP contribution in [0.4, 0.5) is 5.69 Å². The van der Waals surface area contributed by atoms with E-state index in [9.17, 15) is 18.5 Å². The number of imidazole rings is 1. The zero-order chi connectivity index (χ0) is 22.9. The fraction of sp³-hybridized carbons (Fsp3) is 0.0870. The third-order valence-electron chi connectivity index (χ3n) is 5.03. The molecule has 0 saturated heterocycles. The van der Waals surface area contributed by atoms with Gasteiger partial charge < -0.3 is 4.57 Å². The molecule has 32 heavy (non-hydrogen) atoms. The average molecular weight is 465 g/mol. The second kappa shape index (κ2) is 8.46. The van der Waals surface area contributed by atoms with E-state index >= 15 is 0 Å². The van der Waals surface area contributed by atoms with Gasteiger partial charge in [0.2, 0.25) is 0 Å². The van der Waals surface area contributed by atoms with E-state index < -0.39 is 21.7 Å². The summed E-state index contributed by atoms with van der Waals surface area (Å²) < 4.78 is 29.8. The number of rotatable bonds is 6. The number of aryl methyl sites for hydroxylation is 1. The van der Waals surface area contributed by atoms with Crippen molar-refractivity contribution >= 4 is 44.1 Å². The van der Waals surface area contributed by atoms with Gasteiger partial charge in [-0.3, -0.25) is 9.52 Å². The molecule has 0 aliphatic rings. The molecule has 0 radical (unpaired) electrons. The molecule has 0 aliphatic carbocycles. The Bertz CT molecular complexity index is 1470. The molecule has 7 nitrogen and oxygen atoms in total. The molecule has 4 aromatic rings. The molecule has 0 amide bonds. The first kappa shape index (κ1) is 21.6. The summed E-state index contributed by atoms with van der Waals surface area (Å²) in [6.45, 7) is 0. The number of fused-ring (bicyclic) bond motifs is 1. The number of hydrogen-bond acceptors (Lipinski definition) is 5. The average Bonchev–Trinajstić information content (AvgIpc) is 3.11. The Hall–Kier alpha value is -3.67. The number of aromatic nitrogens is 2. The quantitative estimate of drug-likeness (QED) is 0.422. The summed E-state index contributed by atoms with van der Waals surface area (Å²) >= 11 is 5.84. The van der Waals surface area contributed by atoms with Crippen molar-refractivity contribution in [3.8, 4) is 6.07 Å². The smallest absolute Gasteiger partial charge is 0.261 e. The molecule has 0 spiro atoms. The van der Waals surface area contributed by atoms with E-state index in [-0.39, 0.29) is 22.0 Å². The summed E-state index contributed by atoms with van der Waals surface area (Å²) in [5.41, 5.74) is 1.59. The highest BCUT2D eigenvalue weighted by Gasteiger charge is 2.29. The molecule has 1 aromatic heterocycles. The Morgan fingerprint density at radius 1 is 1.06 bits per heavy atom. The number of halogens is 1. The Kier molecular flexibility index (Phi) is 5.70. The summed E-state index contributed by atoms with van der Waals surface area (Å²) in [6, 6.07) is 21.2. The molecule has 4 rings (SSSR count). The topological polar surface area (TPSA) is 105 Å². The molecule has 0 saturated carbocycles. The highest BCUT2D eigenvalue weighted by atomic mass is 35.5. The van der Waals surface area contributed by atoms with Crippen LogP contribution in [0.25, 0.3) is 11.0 Å². The summed E-state index contributed by atoms with van der Waals surface area (Å²) in [5, 5.41) is 10.2. The SMILES string of the molecule is Cn1c([C@@H](C#N)C(=O)c2ccccc2NS(=O)(=O)c2ccc(Cl)cc2)nc2ccccc21. The Morgan fingerprint density at radius 3 is 2.41 bits per heavy atom. The Morgan fingerprint density at radius 2 is 1.72 bits per heavy atom. The highest BCUT2D eigenvalue weighted by Crippen LogP contribution is 2.28. The number of nitriles is 1. The summed E-state index contributed by atoms with van der Waals surface area (Å²) in [6.07, 6.45) is 0. The van der Waals surface area contributed by atoms with Crippen LogP contribution in [0.3, 0.4) is 0 Å². The van der Waals surface area contributed by atoms with Gasteiger partial charge >= 0.3 is 0 Å². The lowest BCUT2D eigenvalue weighted by Crippen LogP contribution is -2.19. The highest BCUT2D eigenvalue weighted by molar-refractivity contribution is 7.92. The molecule has 0 aliphatic heterocycles. The molecule has 1 atom stereocenters. The number of hydrogen-bond donors (Lipinski definition) is 1. The largest absolute Gasteiger partial charge is 0.330 e. The van der Waals surface area contributed by atoms with Gasteiger partial charge in [-0.05, 0) is 48.5 Å². The van der Waals surface area contributed by atoms with E-state index in [1.165, 1.54) is 36.4 Å². The molecule has 0 unspecified atom stereocenters. The molecule has 0 bridgehead atoms. The number of nitrogens with one attached hydrogen (secondary N) is 1. The molecule has 160 valence electrons. The van der Waals surface area contributed by atoms with Crippen LogP contribution >= 0.6 is 11.6 Å². The number of benzene rings is 3. The predicted molar refractivity (Wildman–Crippen MR) is 122 cm³/mol. The number of carbonyl (C=O) groups excluding carboxylic acids is 1. The van der Waals surface area contributed by atoms with Crippen LogP contribution in [0, 0.1) is 11.3 Å². The van der Waals surface area contributed by atoms with Gasteiger partial charge in [-0.2, -0.15) is 5.26 Å². The number of para-hydroxylation sites is 3. The minimum Gasteiger partial charge on any atom is -0.330 e. The van der Waals surface area contributed by atoms with E-state index in [1.54, 1.807) is 29.8 Å². The normalized spacial score (nSPS) is 12.3. The van der Waals surface area contributed by atoms with E-state index in [2.05, 4.69) is 9.71 Å². The Balaban J connectivity index is 1.72. The lowest BCUT2D eigenvalue weighted by atomic mass is 9.97.